The molecular formula is C16H25ClN2O2. The van der Waals surface area contributed by atoms with E-state index in [0.717, 1.165) is 37.1 Å². The lowest BCUT2D eigenvalue weighted by Gasteiger charge is -2.28. The number of rotatable bonds is 5. The van der Waals surface area contributed by atoms with Gasteiger partial charge in [-0.3, -0.25) is 4.79 Å². The number of hydrogen-bond donors (Lipinski definition) is 2. The minimum absolute atomic E-state index is 0. The molecular weight excluding hydrogens is 288 g/mol. The molecule has 0 spiro atoms. The standard InChI is InChI=1S/C16H24N2O2.ClH/c1-4-16(10-5-11-17-16)15(19)18-12(2)13-6-8-14(20-3)9-7-13;/h6-9,12,17H,4-5,10-11H2,1-3H3,(H,18,19);1H. The number of halogens is 1. The Morgan fingerprint density at radius 3 is 2.57 bits per heavy atom. The molecule has 2 rings (SSSR count). The summed E-state index contributed by atoms with van der Waals surface area (Å²) in [5, 5.41) is 6.49. The Kier molecular flexibility index (Phi) is 6.49. The highest BCUT2D eigenvalue weighted by atomic mass is 35.5. The average molecular weight is 313 g/mol. The Hall–Kier alpha value is -1.26. The fourth-order valence-electron chi connectivity index (χ4n) is 2.77. The first-order chi connectivity index (χ1) is 9.61. The van der Waals surface area contributed by atoms with Gasteiger partial charge < -0.3 is 15.4 Å². The van der Waals surface area contributed by atoms with E-state index in [0.29, 0.717) is 0 Å². The first-order valence-electron chi connectivity index (χ1n) is 7.31. The summed E-state index contributed by atoms with van der Waals surface area (Å²) in [5.41, 5.74) is 0.712. The van der Waals surface area contributed by atoms with E-state index in [4.69, 9.17) is 4.74 Å². The highest BCUT2D eigenvalue weighted by molar-refractivity contribution is 5.87. The smallest absolute Gasteiger partial charge is 0.240 e. The van der Waals surface area contributed by atoms with Crippen LogP contribution in [0.1, 0.15) is 44.7 Å². The second kappa shape index (κ2) is 7.66. The predicted molar refractivity (Wildman–Crippen MR) is 87.1 cm³/mol. The number of nitrogens with one attached hydrogen (secondary N) is 2. The summed E-state index contributed by atoms with van der Waals surface area (Å²) in [7, 11) is 1.65. The quantitative estimate of drug-likeness (QED) is 0.879. The molecule has 2 N–H and O–H groups in total. The monoisotopic (exact) mass is 312 g/mol. The van der Waals surface area contributed by atoms with Crippen LogP contribution in [0.5, 0.6) is 5.75 Å². The molecule has 2 atom stereocenters. The minimum atomic E-state index is -0.374. The van der Waals surface area contributed by atoms with Gasteiger partial charge in [-0.1, -0.05) is 19.1 Å². The zero-order valence-electron chi connectivity index (χ0n) is 12.9. The molecule has 1 amide bonds. The van der Waals surface area contributed by atoms with Crippen molar-refractivity contribution in [2.24, 2.45) is 0 Å². The van der Waals surface area contributed by atoms with E-state index in [-0.39, 0.29) is 29.9 Å². The van der Waals surface area contributed by atoms with Crippen molar-refractivity contribution in [1.29, 1.82) is 0 Å². The lowest BCUT2D eigenvalue weighted by atomic mass is 9.92. The van der Waals surface area contributed by atoms with Crippen molar-refractivity contribution >= 4 is 18.3 Å². The van der Waals surface area contributed by atoms with E-state index in [2.05, 4.69) is 17.6 Å². The zero-order chi connectivity index (χ0) is 14.6. The fourth-order valence-corrected chi connectivity index (χ4v) is 2.77. The van der Waals surface area contributed by atoms with Crippen molar-refractivity contribution in [3.8, 4) is 5.75 Å². The van der Waals surface area contributed by atoms with Crippen LogP contribution in [0.4, 0.5) is 0 Å². The second-order valence-electron chi connectivity index (χ2n) is 5.43. The van der Waals surface area contributed by atoms with Gasteiger partial charge in [-0.25, -0.2) is 0 Å². The average Bonchev–Trinajstić information content (AvgIpc) is 2.97. The van der Waals surface area contributed by atoms with E-state index in [9.17, 15) is 4.79 Å². The van der Waals surface area contributed by atoms with E-state index in [1.807, 2.05) is 31.2 Å². The summed E-state index contributed by atoms with van der Waals surface area (Å²) in [6, 6.07) is 7.82. The largest absolute Gasteiger partial charge is 0.497 e. The van der Waals surface area contributed by atoms with Gasteiger partial charge in [0.05, 0.1) is 18.7 Å². The van der Waals surface area contributed by atoms with Crippen molar-refractivity contribution in [1.82, 2.24) is 10.6 Å². The molecule has 1 aromatic carbocycles. The van der Waals surface area contributed by atoms with Gasteiger partial charge in [-0.15, -0.1) is 12.4 Å². The van der Waals surface area contributed by atoms with Gasteiger partial charge in [-0.2, -0.15) is 0 Å². The van der Waals surface area contributed by atoms with Crippen molar-refractivity contribution in [3.05, 3.63) is 29.8 Å². The number of benzene rings is 1. The molecule has 0 aromatic heterocycles. The SMILES string of the molecule is CCC1(C(=O)NC(C)c2ccc(OC)cc2)CCCN1.Cl. The Morgan fingerprint density at radius 2 is 2.10 bits per heavy atom. The maximum atomic E-state index is 12.5. The molecule has 1 aliphatic heterocycles. The van der Waals surface area contributed by atoms with Gasteiger partial charge in [0.1, 0.15) is 5.75 Å². The molecule has 1 heterocycles. The maximum absolute atomic E-state index is 12.5. The van der Waals surface area contributed by atoms with Gasteiger partial charge in [0.15, 0.2) is 0 Å². The van der Waals surface area contributed by atoms with Crippen LogP contribution in [0.25, 0.3) is 0 Å². The Balaban J connectivity index is 0.00000220. The molecule has 118 valence electrons. The van der Waals surface area contributed by atoms with Crippen molar-refractivity contribution in [2.45, 2.75) is 44.7 Å². The van der Waals surface area contributed by atoms with Crippen LogP contribution in [0.3, 0.4) is 0 Å². The molecule has 1 saturated heterocycles. The highest BCUT2D eigenvalue weighted by Gasteiger charge is 2.39. The van der Waals surface area contributed by atoms with Gasteiger partial charge in [0.2, 0.25) is 5.91 Å². The summed E-state index contributed by atoms with van der Waals surface area (Å²) >= 11 is 0. The Morgan fingerprint density at radius 1 is 1.43 bits per heavy atom. The molecule has 0 bridgehead atoms. The van der Waals surface area contributed by atoms with Crippen molar-refractivity contribution < 1.29 is 9.53 Å². The number of carbonyl (C=O) groups is 1. The van der Waals surface area contributed by atoms with Crippen molar-refractivity contribution in [3.63, 3.8) is 0 Å². The van der Waals surface area contributed by atoms with Crippen LogP contribution in [-0.4, -0.2) is 25.1 Å². The molecule has 1 aliphatic rings. The second-order valence-corrected chi connectivity index (χ2v) is 5.43. The lowest BCUT2D eigenvalue weighted by molar-refractivity contribution is -0.128. The lowest BCUT2D eigenvalue weighted by Crippen LogP contribution is -2.53. The molecule has 1 fully saturated rings. The molecule has 2 unspecified atom stereocenters. The summed E-state index contributed by atoms with van der Waals surface area (Å²) in [4.78, 5) is 12.5. The van der Waals surface area contributed by atoms with Gasteiger partial charge in [0, 0.05) is 0 Å². The normalized spacial score (nSPS) is 22.2. The van der Waals surface area contributed by atoms with Crippen LogP contribution in [0.2, 0.25) is 0 Å². The molecule has 0 radical (unpaired) electrons. The highest BCUT2D eigenvalue weighted by Crippen LogP contribution is 2.25. The predicted octanol–water partition coefficient (Wildman–Crippen LogP) is 2.83. The maximum Gasteiger partial charge on any atom is 0.240 e. The molecule has 21 heavy (non-hydrogen) atoms. The number of carbonyl (C=O) groups excluding carboxylic acids is 1. The van der Waals surface area contributed by atoms with Gasteiger partial charge >= 0.3 is 0 Å². The summed E-state index contributed by atoms with van der Waals surface area (Å²) in [6.45, 7) is 5.01. The minimum Gasteiger partial charge on any atom is -0.497 e. The summed E-state index contributed by atoms with van der Waals surface area (Å²) < 4.78 is 5.15. The van der Waals surface area contributed by atoms with Crippen LogP contribution in [-0.2, 0) is 4.79 Å². The molecule has 0 saturated carbocycles. The summed E-state index contributed by atoms with van der Waals surface area (Å²) in [5.74, 6) is 0.940. The van der Waals surface area contributed by atoms with E-state index in [1.54, 1.807) is 7.11 Å². The van der Waals surface area contributed by atoms with Crippen LogP contribution < -0.4 is 15.4 Å². The fraction of sp³-hybridized carbons (Fsp3) is 0.562. The topological polar surface area (TPSA) is 50.4 Å². The third-order valence-electron chi connectivity index (χ3n) is 4.25. The van der Waals surface area contributed by atoms with Crippen LogP contribution >= 0.6 is 12.4 Å². The number of ether oxygens (including phenoxy) is 1. The number of hydrogen-bond acceptors (Lipinski definition) is 3. The Bertz CT molecular complexity index is 456. The van der Waals surface area contributed by atoms with E-state index >= 15 is 0 Å². The first kappa shape index (κ1) is 17.8. The third-order valence-corrected chi connectivity index (χ3v) is 4.25. The van der Waals surface area contributed by atoms with Crippen LogP contribution in [0.15, 0.2) is 24.3 Å². The molecule has 1 aromatic rings. The molecule has 0 aliphatic carbocycles. The van der Waals surface area contributed by atoms with Crippen molar-refractivity contribution in [2.75, 3.05) is 13.7 Å². The zero-order valence-corrected chi connectivity index (χ0v) is 13.8. The molecule has 5 heteroatoms. The van der Waals surface area contributed by atoms with E-state index < -0.39 is 0 Å². The third kappa shape index (κ3) is 3.89. The number of methoxy groups -OCH3 is 1. The Labute approximate surface area is 133 Å². The van der Waals surface area contributed by atoms with E-state index in [1.165, 1.54) is 0 Å². The molecule has 4 nitrogen and oxygen atoms in total. The number of amides is 1. The summed E-state index contributed by atoms with van der Waals surface area (Å²) in [6.07, 6.45) is 2.82. The van der Waals surface area contributed by atoms with Gasteiger partial charge in [-0.05, 0) is 50.4 Å². The van der Waals surface area contributed by atoms with Crippen LogP contribution in [0, 0.1) is 0 Å². The first-order valence-corrected chi connectivity index (χ1v) is 7.31. The van der Waals surface area contributed by atoms with Gasteiger partial charge in [0.25, 0.3) is 0 Å².